The molecule has 9 nitrogen and oxygen atoms in total. The number of benzene rings is 2. The van der Waals surface area contributed by atoms with Crippen LogP contribution in [0.25, 0.3) is 33.9 Å². The van der Waals surface area contributed by atoms with Crippen LogP contribution in [0.3, 0.4) is 0 Å². The molecule has 0 saturated heterocycles. The van der Waals surface area contributed by atoms with Gasteiger partial charge in [0, 0.05) is 43.3 Å². The molecule has 212 valence electrons. The molecule has 6 N–H and O–H groups in total. The number of nitrogens with zero attached hydrogens (tertiary/aromatic N) is 5. The average molecular weight is 550 g/mol. The predicted molar refractivity (Wildman–Crippen MR) is 165 cm³/mol. The van der Waals surface area contributed by atoms with Gasteiger partial charge in [0.05, 0.1) is 0 Å². The summed E-state index contributed by atoms with van der Waals surface area (Å²) in [6.45, 7) is 2.90. The topological polar surface area (TPSA) is 137 Å². The van der Waals surface area contributed by atoms with Gasteiger partial charge in [0.15, 0.2) is 23.6 Å². The number of hydrogen-bond acceptors (Lipinski definition) is 4. The first-order chi connectivity index (χ1) is 20.0. The Hall–Kier alpha value is -4.40. The molecule has 3 aliphatic rings. The Morgan fingerprint density at radius 2 is 1.05 bits per heavy atom. The number of aromatic nitrogens is 3. The Bertz CT molecular complexity index is 1370. The average Bonchev–Trinajstić information content (AvgIpc) is 3.47. The molecule has 1 saturated carbocycles. The fraction of sp³-hybridized carbons (Fsp3) is 0.375. The molecule has 2 aromatic carbocycles. The van der Waals surface area contributed by atoms with Crippen LogP contribution < -0.4 is 11.5 Å². The van der Waals surface area contributed by atoms with Gasteiger partial charge < -0.3 is 25.8 Å². The first-order valence-corrected chi connectivity index (χ1v) is 14.7. The molecule has 0 atom stereocenters. The molecule has 41 heavy (non-hydrogen) atoms. The summed E-state index contributed by atoms with van der Waals surface area (Å²) in [5.41, 5.74) is 18.5. The molecular formula is C32H39N9. The number of nitrogens with one attached hydrogen (secondary N) is 2. The molecule has 1 aromatic heterocycles. The second-order valence-electron chi connectivity index (χ2n) is 11.3. The molecule has 0 bridgehead atoms. The third-order valence-corrected chi connectivity index (χ3v) is 8.76. The third kappa shape index (κ3) is 5.62. The fourth-order valence-corrected chi connectivity index (χ4v) is 6.34. The van der Waals surface area contributed by atoms with E-state index in [1.165, 1.54) is 41.5 Å². The molecule has 0 spiro atoms. The second kappa shape index (κ2) is 11.6. The molecule has 9 heteroatoms. The minimum atomic E-state index is 0.134. The van der Waals surface area contributed by atoms with Crippen molar-refractivity contribution in [1.29, 1.82) is 10.8 Å². The zero-order valence-corrected chi connectivity index (χ0v) is 23.5. The SMILES string of the molecule is N=C(N)N1CC=C(c2ccc(-c3nnc(-c4ccc(C5=CCN(C(=N)N)CC5)cc4)n3C3CCCCC3)cc2)CC1. The highest BCUT2D eigenvalue weighted by Crippen LogP contribution is 2.37. The molecule has 1 aliphatic carbocycles. The lowest BCUT2D eigenvalue weighted by Crippen LogP contribution is -2.39. The van der Waals surface area contributed by atoms with E-state index in [9.17, 15) is 0 Å². The summed E-state index contributed by atoms with van der Waals surface area (Å²) >= 11 is 0. The molecule has 3 aromatic rings. The Balaban J connectivity index is 1.27. The largest absolute Gasteiger partial charge is 0.370 e. The first kappa shape index (κ1) is 26.8. The van der Waals surface area contributed by atoms with Crippen LogP contribution in [0, 0.1) is 10.8 Å². The van der Waals surface area contributed by atoms with Crippen molar-refractivity contribution < 1.29 is 0 Å². The van der Waals surface area contributed by atoms with Crippen molar-refractivity contribution in [1.82, 2.24) is 24.6 Å². The smallest absolute Gasteiger partial charge is 0.188 e. The van der Waals surface area contributed by atoms with Gasteiger partial charge in [-0.2, -0.15) is 0 Å². The Morgan fingerprint density at radius 1 is 0.634 bits per heavy atom. The molecule has 3 heterocycles. The summed E-state index contributed by atoms with van der Waals surface area (Å²) in [4.78, 5) is 3.76. The maximum Gasteiger partial charge on any atom is 0.188 e. The van der Waals surface area contributed by atoms with E-state index in [1.807, 2.05) is 9.80 Å². The van der Waals surface area contributed by atoms with Crippen LogP contribution in [0.4, 0.5) is 0 Å². The zero-order chi connectivity index (χ0) is 28.3. The van der Waals surface area contributed by atoms with E-state index in [4.69, 9.17) is 32.5 Å². The lowest BCUT2D eigenvalue weighted by molar-refractivity contribution is 0.357. The summed E-state index contributed by atoms with van der Waals surface area (Å²) in [5.74, 6) is 2.13. The van der Waals surface area contributed by atoms with Crippen LogP contribution in [-0.2, 0) is 0 Å². The van der Waals surface area contributed by atoms with E-state index in [-0.39, 0.29) is 11.9 Å². The lowest BCUT2D eigenvalue weighted by atomic mass is 9.94. The van der Waals surface area contributed by atoms with Crippen molar-refractivity contribution in [2.45, 2.75) is 51.0 Å². The van der Waals surface area contributed by atoms with Crippen LogP contribution in [0.15, 0.2) is 60.7 Å². The van der Waals surface area contributed by atoms with Crippen molar-refractivity contribution in [3.05, 3.63) is 71.8 Å². The van der Waals surface area contributed by atoms with Gasteiger partial charge in [-0.3, -0.25) is 10.8 Å². The molecule has 0 amide bonds. The van der Waals surface area contributed by atoms with Crippen molar-refractivity contribution in [2.24, 2.45) is 11.5 Å². The summed E-state index contributed by atoms with van der Waals surface area (Å²) in [5, 5.41) is 24.9. The Morgan fingerprint density at radius 3 is 1.41 bits per heavy atom. The number of nitrogens with two attached hydrogens (primary N) is 2. The van der Waals surface area contributed by atoms with Crippen molar-refractivity contribution in [3.63, 3.8) is 0 Å². The molecule has 0 radical (unpaired) electrons. The Kier molecular flexibility index (Phi) is 7.59. The van der Waals surface area contributed by atoms with Crippen LogP contribution in [0.1, 0.15) is 62.1 Å². The predicted octanol–water partition coefficient (Wildman–Crippen LogP) is 5.08. The number of guanidine groups is 2. The summed E-state index contributed by atoms with van der Waals surface area (Å²) in [6.07, 6.45) is 12.2. The van der Waals surface area contributed by atoms with Gasteiger partial charge in [0.1, 0.15) is 0 Å². The van der Waals surface area contributed by atoms with Gasteiger partial charge in [-0.25, -0.2) is 0 Å². The van der Waals surface area contributed by atoms with Crippen LogP contribution in [0.2, 0.25) is 0 Å². The van der Waals surface area contributed by atoms with Gasteiger partial charge in [0.25, 0.3) is 0 Å². The second-order valence-corrected chi connectivity index (χ2v) is 11.3. The van der Waals surface area contributed by atoms with Gasteiger partial charge in [-0.15, -0.1) is 10.2 Å². The highest BCUT2D eigenvalue weighted by atomic mass is 15.3. The molecular weight excluding hydrogens is 510 g/mol. The maximum absolute atomic E-state index is 7.67. The van der Waals surface area contributed by atoms with E-state index in [1.54, 1.807) is 0 Å². The van der Waals surface area contributed by atoms with E-state index >= 15 is 0 Å². The van der Waals surface area contributed by atoms with Gasteiger partial charge in [-0.05, 0) is 48.0 Å². The molecule has 2 aliphatic heterocycles. The molecule has 6 rings (SSSR count). The zero-order valence-electron chi connectivity index (χ0n) is 23.5. The van der Waals surface area contributed by atoms with Gasteiger partial charge in [-0.1, -0.05) is 79.9 Å². The summed E-state index contributed by atoms with van der Waals surface area (Å²) in [6, 6.07) is 17.8. The van der Waals surface area contributed by atoms with E-state index in [0.717, 1.165) is 61.5 Å². The summed E-state index contributed by atoms with van der Waals surface area (Å²) in [7, 11) is 0. The van der Waals surface area contributed by atoms with Crippen molar-refractivity contribution in [2.75, 3.05) is 26.2 Å². The molecule has 1 fully saturated rings. The molecule has 0 unspecified atom stereocenters. The normalized spacial score (nSPS) is 18.1. The van der Waals surface area contributed by atoms with Crippen LogP contribution in [-0.4, -0.2) is 62.7 Å². The van der Waals surface area contributed by atoms with E-state index < -0.39 is 0 Å². The minimum absolute atomic E-state index is 0.134. The van der Waals surface area contributed by atoms with Gasteiger partial charge in [0.2, 0.25) is 0 Å². The van der Waals surface area contributed by atoms with E-state index in [0.29, 0.717) is 19.1 Å². The minimum Gasteiger partial charge on any atom is -0.370 e. The fourth-order valence-electron chi connectivity index (χ4n) is 6.34. The van der Waals surface area contributed by atoms with Crippen LogP contribution in [0.5, 0.6) is 0 Å². The van der Waals surface area contributed by atoms with E-state index in [2.05, 4.69) is 65.3 Å². The number of rotatable bonds is 5. The Labute approximate surface area is 241 Å². The quantitative estimate of drug-likeness (QED) is 0.259. The third-order valence-electron chi connectivity index (χ3n) is 8.76. The monoisotopic (exact) mass is 549 g/mol. The standard InChI is InChI=1S/C32H39N9/c33-31(34)39-18-14-24(15-19-39)22-6-10-26(11-7-22)29-37-38-30(41(29)28-4-2-1-3-5-28)27-12-8-23(9-13-27)25-16-20-40(21-17-25)32(35)36/h6-14,16,28H,1-5,15,17-21H2,(H3,33,34)(H3,35,36). The van der Waals surface area contributed by atoms with Crippen molar-refractivity contribution >= 4 is 23.1 Å². The van der Waals surface area contributed by atoms with Gasteiger partial charge >= 0.3 is 0 Å². The maximum atomic E-state index is 7.67. The lowest BCUT2D eigenvalue weighted by Gasteiger charge is -2.27. The summed E-state index contributed by atoms with van der Waals surface area (Å²) < 4.78 is 2.39. The highest BCUT2D eigenvalue weighted by Gasteiger charge is 2.25. The number of hydrogen-bond donors (Lipinski definition) is 4. The first-order valence-electron chi connectivity index (χ1n) is 14.7. The highest BCUT2D eigenvalue weighted by molar-refractivity contribution is 5.78. The van der Waals surface area contributed by atoms with Crippen LogP contribution >= 0.6 is 0 Å². The van der Waals surface area contributed by atoms with Crippen molar-refractivity contribution in [3.8, 4) is 22.8 Å².